The Hall–Kier alpha value is -1.22. The number of hydrogen-bond donors (Lipinski definition) is 1. The minimum absolute atomic E-state index is 0.0437. The molecule has 2 aliphatic heterocycles. The van der Waals surface area contributed by atoms with Crippen molar-refractivity contribution in [2.75, 3.05) is 40.5 Å². The van der Waals surface area contributed by atoms with Crippen LogP contribution in [0, 0.1) is 5.41 Å². The molecule has 2 heterocycles. The predicted molar refractivity (Wildman–Crippen MR) is 134 cm³/mol. The third kappa shape index (κ3) is 6.71. The third-order valence-electron chi connectivity index (χ3n) is 6.59. The van der Waals surface area contributed by atoms with E-state index in [9.17, 15) is 5.11 Å². The Labute approximate surface area is 206 Å². The number of ether oxygens (including phenoxy) is 3. The quantitative estimate of drug-likeness (QED) is 0.594. The smallest absolute Gasteiger partial charge is 0.171 e. The molecule has 1 aromatic carbocycles. The lowest BCUT2D eigenvalue weighted by atomic mass is 9.77. The summed E-state index contributed by atoms with van der Waals surface area (Å²) in [6, 6.07) is 7.92. The van der Waals surface area contributed by atoms with E-state index >= 15 is 0 Å². The molecular formula is C27H46N2O5. The van der Waals surface area contributed by atoms with Gasteiger partial charge in [0.2, 0.25) is 0 Å². The van der Waals surface area contributed by atoms with Gasteiger partial charge in [0, 0.05) is 35.9 Å². The van der Waals surface area contributed by atoms with Crippen LogP contribution in [0.25, 0.3) is 0 Å². The van der Waals surface area contributed by atoms with Crippen molar-refractivity contribution in [3.63, 3.8) is 0 Å². The fourth-order valence-electron chi connectivity index (χ4n) is 5.29. The van der Waals surface area contributed by atoms with E-state index < -0.39 is 11.9 Å². The molecule has 2 atom stereocenters. The molecule has 0 aliphatic carbocycles. The molecule has 34 heavy (non-hydrogen) atoms. The Morgan fingerprint density at radius 2 is 1.50 bits per heavy atom. The van der Waals surface area contributed by atoms with Crippen LogP contribution in [0.1, 0.15) is 73.0 Å². The molecule has 7 nitrogen and oxygen atoms in total. The van der Waals surface area contributed by atoms with E-state index in [1.54, 1.807) is 0 Å². The van der Waals surface area contributed by atoms with E-state index in [4.69, 9.17) is 19.0 Å². The Bertz CT molecular complexity index is 776. The molecular weight excluding hydrogens is 432 g/mol. The number of likely N-dealkylation sites (N-methyl/N-ethyl adjacent to an activating group) is 1. The molecule has 1 spiro atoms. The molecule has 194 valence electrons. The molecule has 1 N–H and O–H groups in total. The van der Waals surface area contributed by atoms with Gasteiger partial charge in [-0.1, -0.05) is 26.0 Å². The SMILES string of the molecule is CC(ON1C(C)(C)CC2(CC1(C)C)OCC(C)(C)CO2)c1ccc(OCC(O)CN(C)C)cc1. The molecule has 2 unspecified atom stereocenters. The van der Waals surface area contributed by atoms with Crippen LogP contribution in [0.5, 0.6) is 5.75 Å². The molecule has 3 rings (SSSR count). The largest absolute Gasteiger partial charge is 0.491 e. The summed E-state index contributed by atoms with van der Waals surface area (Å²) in [4.78, 5) is 8.54. The van der Waals surface area contributed by atoms with E-state index in [-0.39, 0.29) is 29.2 Å². The number of benzene rings is 1. The standard InChI is InChI=1S/C27H46N2O5/c1-20(21-10-12-23(13-11-21)31-15-22(30)14-28(8)9)34-29-25(4,5)16-27(17-26(29,6)7)32-18-24(2,3)19-33-27/h10-13,20,22,30H,14-19H2,1-9H3. The van der Waals surface area contributed by atoms with Crippen molar-refractivity contribution in [3.8, 4) is 5.75 Å². The second kappa shape index (κ2) is 10.0. The van der Waals surface area contributed by atoms with Crippen molar-refractivity contribution >= 4 is 0 Å². The lowest BCUT2D eigenvalue weighted by Gasteiger charge is -2.59. The second-order valence-electron chi connectivity index (χ2n) is 12.5. The van der Waals surface area contributed by atoms with Gasteiger partial charge in [0.15, 0.2) is 5.79 Å². The minimum Gasteiger partial charge on any atom is -0.491 e. The molecule has 0 aromatic heterocycles. The monoisotopic (exact) mass is 478 g/mol. The summed E-state index contributed by atoms with van der Waals surface area (Å²) in [6.45, 7) is 17.5. The first-order chi connectivity index (χ1) is 15.6. The van der Waals surface area contributed by atoms with Crippen LogP contribution in [-0.2, 0) is 14.3 Å². The van der Waals surface area contributed by atoms with E-state index in [0.29, 0.717) is 19.8 Å². The fraction of sp³-hybridized carbons (Fsp3) is 0.778. The van der Waals surface area contributed by atoms with Gasteiger partial charge >= 0.3 is 0 Å². The van der Waals surface area contributed by atoms with Gasteiger partial charge in [0.05, 0.1) is 13.2 Å². The zero-order chi connectivity index (χ0) is 25.4. The fourth-order valence-corrected chi connectivity index (χ4v) is 5.29. The number of hydrogen-bond acceptors (Lipinski definition) is 7. The Morgan fingerprint density at radius 1 is 0.971 bits per heavy atom. The van der Waals surface area contributed by atoms with E-state index in [1.807, 2.05) is 43.3 Å². The van der Waals surface area contributed by atoms with Gasteiger partial charge < -0.3 is 24.2 Å². The van der Waals surface area contributed by atoms with Gasteiger partial charge in [-0.3, -0.25) is 4.84 Å². The Balaban J connectivity index is 1.63. The van der Waals surface area contributed by atoms with Crippen LogP contribution in [0.15, 0.2) is 24.3 Å². The van der Waals surface area contributed by atoms with Crippen LogP contribution in [0.3, 0.4) is 0 Å². The Morgan fingerprint density at radius 3 is 2.00 bits per heavy atom. The van der Waals surface area contributed by atoms with E-state index in [1.165, 1.54) is 0 Å². The molecule has 7 heteroatoms. The lowest BCUT2D eigenvalue weighted by Crippen LogP contribution is -2.68. The maximum atomic E-state index is 10.0. The molecule has 0 radical (unpaired) electrons. The van der Waals surface area contributed by atoms with Crippen molar-refractivity contribution in [3.05, 3.63) is 29.8 Å². The van der Waals surface area contributed by atoms with Gasteiger partial charge in [0.25, 0.3) is 0 Å². The summed E-state index contributed by atoms with van der Waals surface area (Å²) in [5, 5.41) is 12.2. The summed E-state index contributed by atoms with van der Waals surface area (Å²) >= 11 is 0. The normalized spacial score (nSPS) is 25.3. The highest BCUT2D eigenvalue weighted by Gasteiger charge is 2.57. The lowest BCUT2D eigenvalue weighted by molar-refractivity contribution is -0.387. The highest BCUT2D eigenvalue weighted by atomic mass is 16.7. The van der Waals surface area contributed by atoms with E-state index in [0.717, 1.165) is 24.2 Å². The molecule has 2 fully saturated rings. The minimum atomic E-state index is -0.568. The maximum Gasteiger partial charge on any atom is 0.171 e. The summed E-state index contributed by atoms with van der Waals surface area (Å²) in [7, 11) is 3.86. The van der Waals surface area contributed by atoms with Crippen molar-refractivity contribution in [1.82, 2.24) is 9.96 Å². The number of hydroxylamine groups is 2. The average molecular weight is 479 g/mol. The number of rotatable bonds is 8. The van der Waals surface area contributed by atoms with Gasteiger partial charge in [0.1, 0.15) is 24.6 Å². The third-order valence-corrected chi connectivity index (χ3v) is 6.59. The summed E-state index contributed by atoms with van der Waals surface area (Å²) < 4.78 is 18.5. The first-order valence-electron chi connectivity index (χ1n) is 12.4. The number of nitrogens with zero attached hydrogens (tertiary/aromatic N) is 2. The van der Waals surface area contributed by atoms with Crippen molar-refractivity contribution in [2.45, 2.75) is 90.4 Å². The van der Waals surface area contributed by atoms with Gasteiger partial charge in [-0.05, 0) is 66.4 Å². The van der Waals surface area contributed by atoms with Gasteiger partial charge in [-0.2, -0.15) is 5.06 Å². The maximum absolute atomic E-state index is 10.0. The molecule has 0 saturated carbocycles. The van der Waals surface area contributed by atoms with Crippen LogP contribution in [0.2, 0.25) is 0 Å². The van der Waals surface area contributed by atoms with Gasteiger partial charge in [-0.25, -0.2) is 0 Å². The summed E-state index contributed by atoms with van der Waals surface area (Å²) in [6.07, 6.45) is 0.836. The zero-order valence-corrected chi connectivity index (χ0v) is 22.7. The van der Waals surface area contributed by atoms with E-state index in [2.05, 4.69) is 53.5 Å². The predicted octanol–water partition coefficient (Wildman–Crippen LogP) is 4.40. The summed E-state index contributed by atoms with van der Waals surface area (Å²) in [5.74, 6) is 0.172. The molecule has 0 amide bonds. The van der Waals surface area contributed by atoms with Crippen LogP contribution in [-0.4, -0.2) is 78.5 Å². The first-order valence-corrected chi connectivity index (χ1v) is 12.4. The first kappa shape index (κ1) is 27.4. The topological polar surface area (TPSA) is 63.6 Å². The number of aliphatic hydroxyl groups is 1. The average Bonchev–Trinajstić information content (AvgIpc) is 2.71. The number of aliphatic hydroxyl groups excluding tert-OH is 1. The van der Waals surface area contributed by atoms with Crippen LogP contribution in [0.4, 0.5) is 0 Å². The second-order valence-corrected chi connectivity index (χ2v) is 12.5. The van der Waals surface area contributed by atoms with Crippen LogP contribution >= 0.6 is 0 Å². The van der Waals surface area contributed by atoms with Crippen molar-refractivity contribution < 1.29 is 24.2 Å². The van der Waals surface area contributed by atoms with Crippen molar-refractivity contribution in [1.29, 1.82) is 0 Å². The van der Waals surface area contributed by atoms with Crippen LogP contribution < -0.4 is 4.74 Å². The summed E-state index contributed by atoms with van der Waals surface area (Å²) in [5.41, 5.74) is 0.564. The van der Waals surface area contributed by atoms with Gasteiger partial charge in [-0.15, -0.1) is 0 Å². The van der Waals surface area contributed by atoms with Crippen molar-refractivity contribution in [2.24, 2.45) is 5.41 Å². The molecule has 1 aromatic rings. The molecule has 0 bridgehead atoms. The number of piperidine rings is 1. The molecule has 2 aliphatic rings. The molecule has 2 saturated heterocycles. The zero-order valence-electron chi connectivity index (χ0n) is 22.7. The highest BCUT2D eigenvalue weighted by molar-refractivity contribution is 5.28. The Kier molecular flexibility index (Phi) is 8.08. The highest BCUT2D eigenvalue weighted by Crippen LogP contribution is 2.49.